The van der Waals surface area contributed by atoms with Gasteiger partial charge in [0.15, 0.2) is 0 Å². The molecule has 0 amide bonds. The Hall–Kier alpha value is -1.90. The lowest BCUT2D eigenvalue weighted by atomic mass is 10.0. The van der Waals surface area contributed by atoms with E-state index >= 15 is 0 Å². The smallest absolute Gasteiger partial charge is 0.269 e. The van der Waals surface area contributed by atoms with Gasteiger partial charge in [0.05, 0.1) is 71.0 Å². The predicted molar refractivity (Wildman–Crippen MR) is 147 cm³/mol. The molecule has 39 heavy (non-hydrogen) atoms. The molecule has 2 fully saturated rings. The van der Waals surface area contributed by atoms with Gasteiger partial charge < -0.3 is 38.6 Å². The van der Waals surface area contributed by atoms with Gasteiger partial charge in [-0.05, 0) is 38.1 Å². The summed E-state index contributed by atoms with van der Waals surface area (Å²) >= 11 is 0. The minimum Gasteiger partial charge on any atom is -0.491 e. The second-order valence-corrected chi connectivity index (χ2v) is 9.52. The molecule has 0 aromatic heterocycles. The van der Waals surface area contributed by atoms with Crippen LogP contribution >= 0.6 is 0 Å². The number of likely N-dealkylation sites (tertiary alicyclic amines) is 1. The molecule has 1 aromatic carbocycles. The van der Waals surface area contributed by atoms with Crippen molar-refractivity contribution in [2.45, 2.75) is 18.9 Å². The maximum Gasteiger partial charge on any atom is 0.269 e. The summed E-state index contributed by atoms with van der Waals surface area (Å²) in [5.41, 5.74) is 0.0374. The van der Waals surface area contributed by atoms with E-state index in [4.69, 9.17) is 28.4 Å². The number of nitrogens with zero attached hydrogens (tertiary/aromatic N) is 3. The Balaban J connectivity index is 0.993. The van der Waals surface area contributed by atoms with Crippen LogP contribution in [0.4, 0.5) is 5.69 Å². The third kappa shape index (κ3) is 13.8. The number of non-ortho nitro benzene ring substituents is 1. The number of ether oxygens (including phenoxy) is 6. The number of rotatable bonds is 21. The number of benzene rings is 1. The number of nitrogens with one attached hydrogen (secondary N) is 1. The largest absolute Gasteiger partial charge is 0.491 e. The molecule has 1 aromatic rings. The van der Waals surface area contributed by atoms with Crippen LogP contribution in [0, 0.1) is 10.1 Å². The lowest BCUT2D eigenvalue weighted by Gasteiger charge is -2.40. The predicted octanol–water partition coefficient (Wildman–Crippen LogP) is 1.43. The second-order valence-electron chi connectivity index (χ2n) is 9.52. The fourth-order valence-electron chi connectivity index (χ4n) is 4.61. The third-order valence-electron chi connectivity index (χ3n) is 6.81. The van der Waals surface area contributed by atoms with E-state index in [1.807, 2.05) is 0 Å². The van der Waals surface area contributed by atoms with E-state index in [0.29, 0.717) is 71.8 Å². The SMILES string of the molecule is O=[N+]([O-])c1ccc(OCCOCCOCCOCCOCCOCCN2CCC(N3CCNCC3)CC2)cc1. The first kappa shape index (κ1) is 31.6. The van der Waals surface area contributed by atoms with Gasteiger partial charge >= 0.3 is 0 Å². The van der Waals surface area contributed by atoms with Gasteiger partial charge in [-0.1, -0.05) is 0 Å². The van der Waals surface area contributed by atoms with Gasteiger partial charge in [0, 0.05) is 50.9 Å². The fraction of sp³-hybridized carbons (Fsp3) is 0.778. The summed E-state index contributed by atoms with van der Waals surface area (Å²) in [4.78, 5) is 15.4. The maximum absolute atomic E-state index is 10.6. The van der Waals surface area contributed by atoms with Crippen molar-refractivity contribution in [3.63, 3.8) is 0 Å². The Kier molecular flexibility index (Phi) is 16.3. The zero-order valence-corrected chi connectivity index (χ0v) is 23.1. The zero-order valence-electron chi connectivity index (χ0n) is 23.1. The van der Waals surface area contributed by atoms with Crippen molar-refractivity contribution < 1.29 is 33.3 Å². The van der Waals surface area contributed by atoms with Crippen LogP contribution in [0.1, 0.15) is 12.8 Å². The number of hydrogen-bond acceptors (Lipinski definition) is 11. The van der Waals surface area contributed by atoms with Crippen molar-refractivity contribution in [2.75, 3.05) is 118 Å². The van der Waals surface area contributed by atoms with Crippen LogP contribution in [0.15, 0.2) is 24.3 Å². The first-order chi connectivity index (χ1) is 19.2. The van der Waals surface area contributed by atoms with Crippen molar-refractivity contribution in [1.82, 2.24) is 15.1 Å². The van der Waals surface area contributed by atoms with Crippen LogP contribution in [0.5, 0.6) is 5.75 Å². The standard InChI is InChI=1S/C27H46N4O8/c32-31(33)26-1-3-27(4-2-26)39-24-23-38-22-21-37-20-19-36-18-17-35-16-15-34-14-13-29-9-5-25(6-10-29)30-11-7-28-8-12-30/h1-4,25,28H,5-24H2. The molecule has 2 aliphatic heterocycles. The maximum atomic E-state index is 10.6. The minimum absolute atomic E-state index is 0.0374. The van der Waals surface area contributed by atoms with Gasteiger partial charge in [0.2, 0.25) is 0 Å². The Morgan fingerprint density at radius 3 is 1.72 bits per heavy atom. The van der Waals surface area contributed by atoms with Gasteiger partial charge in [0.25, 0.3) is 5.69 Å². The van der Waals surface area contributed by atoms with E-state index in [-0.39, 0.29) is 5.69 Å². The lowest BCUT2D eigenvalue weighted by Crippen LogP contribution is -2.52. The van der Waals surface area contributed by atoms with Crippen molar-refractivity contribution in [3.05, 3.63) is 34.4 Å². The Bertz CT molecular complexity index is 759. The molecule has 0 unspecified atom stereocenters. The Labute approximate surface area is 231 Å². The zero-order chi connectivity index (χ0) is 27.4. The molecule has 0 bridgehead atoms. The molecule has 0 saturated carbocycles. The molecular weight excluding hydrogens is 508 g/mol. The van der Waals surface area contributed by atoms with Crippen molar-refractivity contribution >= 4 is 5.69 Å². The summed E-state index contributed by atoms with van der Waals surface area (Å²) in [6, 6.07) is 6.72. The highest BCUT2D eigenvalue weighted by atomic mass is 16.6. The highest BCUT2D eigenvalue weighted by Gasteiger charge is 2.25. The molecule has 12 nitrogen and oxygen atoms in total. The van der Waals surface area contributed by atoms with Gasteiger partial charge in [-0.15, -0.1) is 0 Å². The monoisotopic (exact) mass is 554 g/mol. The fourth-order valence-corrected chi connectivity index (χ4v) is 4.61. The van der Waals surface area contributed by atoms with E-state index in [2.05, 4.69) is 15.1 Å². The first-order valence-electron chi connectivity index (χ1n) is 14.2. The number of piperazine rings is 1. The van der Waals surface area contributed by atoms with E-state index in [9.17, 15) is 10.1 Å². The summed E-state index contributed by atoms with van der Waals surface area (Å²) in [6.07, 6.45) is 2.54. The number of piperidine rings is 1. The first-order valence-corrected chi connectivity index (χ1v) is 14.2. The van der Waals surface area contributed by atoms with Crippen molar-refractivity contribution in [2.24, 2.45) is 0 Å². The molecule has 2 saturated heterocycles. The van der Waals surface area contributed by atoms with Crippen LogP contribution in [0.2, 0.25) is 0 Å². The average Bonchev–Trinajstić information content (AvgIpc) is 2.97. The summed E-state index contributed by atoms with van der Waals surface area (Å²) in [5.74, 6) is 0.571. The molecule has 0 atom stereocenters. The minimum atomic E-state index is -0.442. The molecule has 1 N–H and O–H groups in total. The van der Waals surface area contributed by atoms with Crippen molar-refractivity contribution in [3.8, 4) is 5.75 Å². The number of nitro benzene ring substituents is 1. The quantitative estimate of drug-likeness (QED) is 0.135. The number of nitro groups is 1. The van der Waals surface area contributed by atoms with Gasteiger partial charge in [0.1, 0.15) is 12.4 Å². The lowest BCUT2D eigenvalue weighted by molar-refractivity contribution is -0.384. The van der Waals surface area contributed by atoms with Crippen LogP contribution in [0.3, 0.4) is 0 Å². The van der Waals surface area contributed by atoms with Gasteiger partial charge in [-0.25, -0.2) is 0 Å². The normalized spacial score (nSPS) is 17.4. The van der Waals surface area contributed by atoms with Crippen LogP contribution in [0.25, 0.3) is 0 Å². The van der Waals surface area contributed by atoms with E-state index in [1.54, 1.807) is 12.1 Å². The second kappa shape index (κ2) is 20.0. The summed E-state index contributed by atoms with van der Waals surface area (Å²) in [7, 11) is 0. The summed E-state index contributed by atoms with van der Waals surface area (Å²) in [5, 5.41) is 14.1. The molecule has 0 spiro atoms. The van der Waals surface area contributed by atoms with Crippen LogP contribution < -0.4 is 10.1 Å². The molecule has 0 radical (unpaired) electrons. The van der Waals surface area contributed by atoms with Crippen LogP contribution in [-0.2, 0) is 23.7 Å². The molecule has 2 heterocycles. The number of hydrogen-bond donors (Lipinski definition) is 1. The third-order valence-corrected chi connectivity index (χ3v) is 6.81. The van der Waals surface area contributed by atoms with Crippen LogP contribution in [-0.4, -0.2) is 139 Å². The molecule has 3 rings (SSSR count). The highest BCUT2D eigenvalue weighted by molar-refractivity contribution is 5.35. The van der Waals surface area contributed by atoms with E-state index in [1.165, 1.54) is 51.2 Å². The molecule has 12 heteroatoms. The average molecular weight is 555 g/mol. The summed E-state index contributed by atoms with van der Waals surface area (Å²) in [6.45, 7) is 13.7. The molecule has 2 aliphatic rings. The highest BCUT2D eigenvalue weighted by Crippen LogP contribution is 2.18. The van der Waals surface area contributed by atoms with Gasteiger partial charge in [-0.3, -0.25) is 15.0 Å². The summed E-state index contributed by atoms with van der Waals surface area (Å²) < 4.78 is 33.2. The Morgan fingerprint density at radius 1 is 0.718 bits per heavy atom. The molecule has 222 valence electrons. The topological polar surface area (TPSA) is 117 Å². The van der Waals surface area contributed by atoms with Gasteiger partial charge in [-0.2, -0.15) is 0 Å². The van der Waals surface area contributed by atoms with E-state index in [0.717, 1.165) is 32.3 Å². The van der Waals surface area contributed by atoms with E-state index < -0.39 is 4.92 Å². The molecular formula is C27H46N4O8. The van der Waals surface area contributed by atoms with Crippen molar-refractivity contribution in [1.29, 1.82) is 0 Å². The Morgan fingerprint density at radius 2 is 1.21 bits per heavy atom. The molecule has 0 aliphatic carbocycles.